The summed E-state index contributed by atoms with van der Waals surface area (Å²) in [4.78, 5) is 18.4. The Balaban J connectivity index is 2.09. The number of aromatic nitrogens is 3. The highest BCUT2D eigenvalue weighted by molar-refractivity contribution is 5.89. The van der Waals surface area contributed by atoms with E-state index in [1.165, 1.54) is 0 Å². The molecule has 7 heteroatoms. The monoisotopic (exact) mass is 343 g/mol. The van der Waals surface area contributed by atoms with Crippen LogP contribution in [-0.2, 0) is 4.74 Å². The molecule has 0 fully saturated rings. The molecular weight excluding hydrogens is 318 g/mol. The number of anilines is 3. The van der Waals surface area contributed by atoms with Crippen molar-refractivity contribution in [2.45, 2.75) is 33.6 Å². The lowest BCUT2D eigenvalue weighted by Crippen LogP contribution is -2.26. The van der Waals surface area contributed by atoms with Crippen LogP contribution in [0.5, 0.6) is 0 Å². The van der Waals surface area contributed by atoms with Gasteiger partial charge in [-0.2, -0.15) is 10.1 Å². The van der Waals surface area contributed by atoms with Crippen LogP contribution in [0.25, 0.3) is 0 Å². The minimum absolute atomic E-state index is 0.330. The fourth-order valence-electron chi connectivity index (χ4n) is 2.41. The van der Waals surface area contributed by atoms with Crippen LogP contribution in [0.15, 0.2) is 30.5 Å². The first-order chi connectivity index (χ1) is 12.2. The van der Waals surface area contributed by atoms with Crippen molar-refractivity contribution in [3.05, 3.63) is 36.0 Å². The second kappa shape index (κ2) is 9.56. The Hall–Kier alpha value is -2.70. The predicted octanol–water partition coefficient (Wildman–Crippen LogP) is 3.42. The number of hydrogen-bond donors (Lipinski definition) is 1. The predicted molar refractivity (Wildman–Crippen MR) is 98.3 cm³/mol. The number of benzene rings is 1. The van der Waals surface area contributed by atoms with Gasteiger partial charge in [0, 0.05) is 18.8 Å². The Morgan fingerprint density at radius 2 is 1.80 bits per heavy atom. The van der Waals surface area contributed by atoms with Crippen LogP contribution in [0.4, 0.5) is 17.5 Å². The second-order valence-corrected chi connectivity index (χ2v) is 5.55. The van der Waals surface area contributed by atoms with Crippen LogP contribution >= 0.6 is 0 Å². The van der Waals surface area contributed by atoms with E-state index in [1.807, 2.05) is 0 Å². The minimum Gasteiger partial charge on any atom is -0.462 e. The molecule has 0 unspecified atom stereocenters. The first-order valence-electron chi connectivity index (χ1n) is 8.66. The average molecular weight is 343 g/mol. The Kier molecular flexibility index (Phi) is 7.13. The lowest BCUT2D eigenvalue weighted by molar-refractivity contribution is 0.0526. The third-order valence-electron chi connectivity index (χ3n) is 3.51. The molecule has 7 nitrogen and oxygen atoms in total. The lowest BCUT2D eigenvalue weighted by atomic mass is 10.2. The molecule has 0 bridgehead atoms. The van der Waals surface area contributed by atoms with E-state index < -0.39 is 0 Å². The fourth-order valence-corrected chi connectivity index (χ4v) is 2.41. The van der Waals surface area contributed by atoms with Crippen LogP contribution in [0.1, 0.15) is 44.0 Å². The van der Waals surface area contributed by atoms with Crippen molar-refractivity contribution in [1.29, 1.82) is 0 Å². The van der Waals surface area contributed by atoms with Crippen LogP contribution in [0, 0.1) is 0 Å². The van der Waals surface area contributed by atoms with Gasteiger partial charge in [-0.1, -0.05) is 13.8 Å². The maximum absolute atomic E-state index is 11.7. The van der Waals surface area contributed by atoms with Gasteiger partial charge in [0.2, 0.25) is 5.95 Å². The lowest BCUT2D eigenvalue weighted by Gasteiger charge is -2.22. The molecule has 0 saturated carbocycles. The molecule has 1 N–H and O–H groups in total. The van der Waals surface area contributed by atoms with Crippen LogP contribution in [-0.4, -0.2) is 40.8 Å². The zero-order valence-corrected chi connectivity index (χ0v) is 15.0. The van der Waals surface area contributed by atoms with Gasteiger partial charge in [-0.3, -0.25) is 0 Å². The molecule has 1 heterocycles. The van der Waals surface area contributed by atoms with Gasteiger partial charge in [-0.05, 0) is 44.0 Å². The molecule has 0 aliphatic heterocycles. The summed E-state index contributed by atoms with van der Waals surface area (Å²) in [5.74, 6) is 0.909. The number of ether oxygens (including phenoxy) is 1. The molecule has 1 aromatic carbocycles. The van der Waals surface area contributed by atoms with Gasteiger partial charge in [-0.15, -0.1) is 5.10 Å². The van der Waals surface area contributed by atoms with Gasteiger partial charge in [0.05, 0.1) is 18.4 Å². The number of esters is 1. The van der Waals surface area contributed by atoms with E-state index in [2.05, 4.69) is 39.2 Å². The van der Waals surface area contributed by atoms with Crippen molar-refractivity contribution in [2.75, 3.05) is 29.9 Å². The minimum atomic E-state index is -0.330. The molecule has 2 rings (SSSR count). The maximum Gasteiger partial charge on any atom is 0.338 e. The van der Waals surface area contributed by atoms with Gasteiger partial charge in [0.1, 0.15) is 0 Å². The van der Waals surface area contributed by atoms with E-state index in [9.17, 15) is 4.79 Å². The number of carbonyl (C=O) groups excluding carboxylic acids is 1. The Labute approximate surface area is 148 Å². The molecule has 25 heavy (non-hydrogen) atoms. The number of rotatable bonds is 9. The van der Waals surface area contributed by atoms with Gasteiger partial charge in [0.15, 0.2) is 5.82 Å². The van der Waals surface area contributed by atoms with Crippen LogP contribution in [0.2, 0.25) is 0 Å². The van der Waals surface area contributed by atoms with Gasteiger partial charge >= 0.3 is 5.97 Å². The summed E-state index contributed by atoms with van der Waals surface area (Å²) < 4.78 is 4.97. The van der Waals surface area contributed by atoms with Crippen molar-refractivity contribution in [3.63, 3.8) is 0 Å². The molecule has 0 aliphatic rings. The molecule has 0 aliphatic carbocycles. The first-order valence-corrected chi connectivity index (χ1v) is 8.66. The summed E-state index contributed by atoms with van der Waals surface area (Å²) in [5, 5.41) is 11.2. The number of carbonyl (C=O) groups is 1. The van der Waals surface area contributed by atoms with E-state index in [1.54, 1.807) is 37.4 Å². The summed E-state index contributed by atoms with van der Waals surface area (Å²) in [6, 6.07) is 6.99. The largest absolute Gasteiger partial charge is 0.462 e. The van der Waals surface area contributed by atoms with Crippen molar-refractivity contribution in [3.8, 4) is 0 Å². The first kappa shape index (κ1) is 18.6. The quantitative estimate of drug-likeness (QED) is 0.699. The normalized spacial score (nSPS) is 10.4. The zero-order valence-electron chi connectivity index (χ0n) is 15.0. The maximum atomic E-state index is 11.7. The third kappa shape index (κ3) is 5.41. The Morgan fingerprint density at radius 1 is 1.12 bits per heavy atom. The zero-order chi connectivity index (χ0) is 18.1. The molecule has 0 radical (unpaired) electrons. The summed E-state index contributed by atoms with van der Waals surface area (Å²) in [6.07, 6.45) is 3.77. The summed E-state index contributed by atoms with van der Waals surface area (Å²) in [5.41, 5.74) is 1.29. The molecule has 2 aromatic rings. The third-order valence-corrected chi connectivity index (χ3v) is 3.51. The average Bonchev–Trinajstić information content (AvgIpc) is 2.62. The van der Waals surface area contributed by atoms with Crippen LogP contribution in [0.3, 0.4) is 0 Å². The highest BCUT2D eigenvalue weighted by Crippen LogP contribution is 2.17. The van der Waals surface area contributed by atoms with E-state index in [0.717, 1.165) is 37.4 Å². The van der Waals surface area contributed by atoms with E-state index >= 15 is 0 Å². The molecule has 1 aromatic heterocycles. The fraction of sp³-hybridized carbons (Fsp3) is 0.444. The van der Waals surface area contributed by atoms with E-state index in [4.69, 9.17) is 4.74 Å². The topological polar surface area (TPSA) is 80.2 Å². The van der Waals surface area contributed by atoms with Crippen LogP contribution < -0.4 is 10.2 Å². The molecule has 0 saturated heterocycles. The number of nitrogens with one attached hydrogen (secondary N) is 1. The van der Waals surface area contributed by atoms with Gasteiger partial charge in [0.25, 0.3) is 0 Å². The standard InChI is InChI=1S/C18H25N5O2/c1-4-11-23(12-5-2)16-13-19-22-18(21-16)20-15-9-7-14(8-10-15)17(24)25-6-3/h7-10,13H,4-6,11-12H2,1-3H3,(H,20,21,22). The van der Waals surface area contributed by atoms with Gasteiger partial charge < -0.3 is 15.0 Å². The van der Waals surface area contributed by atoms with Crippen molar-refractivity contribution in [1.82, 2.24) is 15.2 Å². The van der Waals surface area contributed by atoms with Crippen molar-refractivity contribution >= 4 is 23.4 Å². The molecule has 0 amide bonds. The Bertz CT molecular complexity index is 669. The molecular formula is C18H25N5O2. The molecule has 134 valence electrons. The molecule has 0 atom stereocenters. The van der Waals surface area contributed by atoms with Crippen molar-refractivity contribution in [2.24, 2.45) is 0 Å². The molecule has 0 spiro atoms. The SMILES string of the molecule is CCCN(CCC)c1cnnc(Nc2ccc(C(=O)OCC)cc2)n1. The second-order valence-electron chi connectivity index (χ2n) is 5.55. The summed E-state index contributed by atoms with van der Waals surface area (Å²) in [7, 11) is 0. The Morgan fingerprint density at radius 3 is 2.40 bits per heavy atom. The highest BCUT2D eigenvalue weighted by Gasteiger charge is 2.10. The smallest absolute Gasteiger partial charge is 0.338 e. The summed E-state index contributed by atoms with van der Waals surface area (Å²) >= 11 is 0. The number of nitrogens with zero attached hydrogens (tertiary/aromatic N) is 4. The van der Waals surface area contributed by atoms with Gasteiger partial charge in [-0.25, -0.2) is 4.79 Å². The van der Waals surface area contributed by atoms with Crippen molar-refractivity contribution < 1.29 is 9.53 Å². The van der Waals surface area contributed by atoms with E-state index in [-0.39, 0.29) is 5.97 Å². The van der Waals surface area contributed by atoms with E-state index in [0.29, 0.717) is 18.1 Å². The summed E-state index contributed by atoms with van der Waals surface area (Å²) in [6.45, 7) is 8.28. The number of hydrogen-bond acceptors (Lipinski definition) is 7. The highest BCUT2D eigenvalue weighted by atomic mass is 16.5.